The van der Waals surface area contributed by atoms with Crippen molar-refractivity contribution in [1.82, 2.24) is 0 Å². The van der Waals surface area contributed by atoms with Gasteiger partial charge in [0.05, 0.1) is 5.56 Å². The van der Waals surface area contributed by atoms with Gasteiger partial charge in [0, 0.05) is 6.42 Å². The van der Waals surface area contributed by atoms with Gasteiger partial charge in [-0.3, -0.25) is 0 Å². The third kappa shape index (κ3) is 5.15. The van der Waals surface area contributed by atoms with Crippen LogP contribution in [0.25, 0.3) is 0 Å². The first kappa shape index (κ1) is 14.5. The number of rotatable bonds is 5. The topological polar surface area (TPSA) is 66.8 Å². The predicted molar refractivity (Wildman–Crippen MR) is 55.1 cm³/mol. The Hall–Kier alpha value is -1.60. The van der Waals surface area contributed by atoms with Crippen molar-refractivity contribution >= 4 is 5.97 Å². The molecule has 4 nitrogen and oxygen atoms in total. The van der Waals surface area contributed by atoms with Gasteiger partial charge < -0.3 is 14.9 Å². The van der Waals surface area contributed by atoms with Crippen LogP contribution in [-0.4, -0.2) is 35.3 Å². The number of alkyl halides is 3. The molecule has 0 saturated carbocycles. The van der Waals surface area contributed by atoms with E-state index in [0.29, 0.717) is 5.56 Å². The van der Waals surface area contributed by atoms with Crippen LogP contribution in [0.2, 0.25) is 0 Å². The van der Waals surface area contributed by atoms with Crippen LogP contribution in [0, 0.1) is 0 Å². The number of hydrogen-bond donors (Lipinski definition) is 2. The fourth-order valence-electron chi connectivity index (χ4n) is 1.23. The SMILES string of the molecule is O=C(O)c1ccc(CC(O)OCC(F)(F)F)cc1. The van der Waals surface area contributed by atoms with Crippen LogP contribution in [0.4, 0.5) is 13.2 Å². The monoisotopic (exact) mass is 264 g/mol. The van der Waals surface area contributed by atoms with Gasteiger partial charge in [0.15, 0.2) is 6.29 Å². The summed E-state index contributed by atoms with van der Waals surface area (Å²) in [6.45, 7) is -1.53. The minimum atomic E-state index is -4.49. The molecule has 1 aromatic rings. The van der Waals surface area contributed by atoms with Crippen molar-refractivity contribution in [3.05, 3.63) is 35.4 Å². The van der Waals surface area contributed by atoms with Gasteiger partial charge in [-0.2, -0.15) is 13.2 Å². The van der Waals surface area contributed by atoms with E-state index in [-0.39, 0.29) is 12.0 Å². The van der Waals surface area contributed by atoms with Gasteiger partial charge in [-0.1, -0.05) is 12.1 Å². The highest BCUT2D eigenvalue weighted by Gasteiger charge is 2.28. The molecule has 1 unspecified atom stereocenters. The van der Waals surface area contributed by atoms with Crippen LogP contribution in [0.15, 0.2) is 24.3 Å². The van der Waals surface area contributed by atoms with E-state index in [1.165, 1.54) is 24.3 Å². The molecule has 2 N–H and O–H groups in total. The molecule has 0 bridgehead atoms. The highest BCUT2D eigenvalue weighted by atomic mass is 19.4. The Bertz CT molecular complexity index is 400. The zero-order valence-electron chi connectivity index (χ0n) is 9.15. The van der Waals surface area contributed by atoms with Crippen LogP contribution >= 0.6 is 0 Å². The lowest BCUT2D eigenvalue weighted by Gasteiger charge is -2.13. The van der Waals surface area contributed by atoms with Crippen molar-refractivity contribution < 1.29 is 32.9 Å². The zero-order chi connectivity index (χ0) is 13.8. The summed E-state index contributed by atoms with van der Waals surface area (Å²) >= 11 is 0. The summed E-state index contributed by atoms with van der Waals surface area (Å²) in [6, 6.07) is 5.41. The molecule has 100 valence electrons. The summed E-state index contributed by atoms with van der Waals surface area (Å²) in [5.41, 5.74) is 0.541. The largest absolute Gasteiger partial charge is 0.478 e. The normalized spacial score (nSPS) is 13.3. The van der Waals surface area contributed by atoms with Crippen LogP contribution < -0.4 is 0 Å². The van der Waals surface area contributed by atoms with Gasteiger partial charge in [0.2, 0.25) is 0 Å². The minimum absolute atomic E-state index is 0.0597. The third-order valence-corrected chi connectivity index (χ3v) is 2.05. The summed E-state index contributed by atoms with van der Waals surface area (Å²) in [6.07, 6.45) is -6.22. The van der Waals surface area contributed by atoms with Crippen molar-refractivity contribution in [3.63, 3.8) is 0 Å². The molecule has 0 heterocycles. The first-order valence-electron chi connectivity index (χ1n) is 4.96. The Kier molecular flexibility index (Phi) is 4.69. The molecule has 7 heteroatoms. The second-order valence-corrected chi connectivity index (χ2v) is 3.59. The Morgan fingerprint density at radius 1 is 1.28 bits per heavy atom. The van der Waals surface area contributed by atoms with Crippen LogP contribution in [0.5, 0.6) is 0 Å². The molecule has 0 aliphatic rings. The molecule has 0 aliphatic carbocycles. The van der Waals surface area contributed by atoms with Crippen LogP contribution in [0.1, 0.15) is 15.9 Å². The molecule has 0 aliphatic heterocycles. The smallest absolute Gasteiger partial charge is 0.411 e. The fourth-order valence-corrected chi connectivity index (χ4v) is 1.23. The second kappa shape index (κ2) is 5.83. The average molecular weight is 264 g/mol. The quantitative estimate of drug-likeness (QED) is 0.796. The summed E-state index contributed by atoms with van der Waals surface area (Å²) < 4.78 is 39.6. The molecule has 0 spiro atoms. The van der Waals surface area contributed by atoms with E-state index in [0.717, 1.165) is 0 Å². The number of carboxylic acid groups (broad SMARTS) is 1. The Morgan fingerprint density at radius 3 is 2.28 bits per heavy atom. The molecule has 0 aromatic heterocycles. The van der Waals surface area contributed by atoms with Crippen molar-refractivity contribution in [2.24, 2.45) is 0 Å². The highest BCUT2D eigenvalue weighted by Crippen LogP contribution is 2.16. The molecular weight excluding hydrogens is 253 g/mol. The summed E-state index contributed by atoms with van der Waals surface area (Å²) in [7, 11) is 0. The van der Waals surface area contributed by atoms with E-state index in [4.69, 9.17) is 5.11 Å². The van der Waals surface area contributed by atoms with E-state index in [9.17, 15) is 23.1 Å². The maximum Gasteiger partial charge on any atom is 0.411 e. The minimum Gasteiger partial charge on any atom is -0.478 e. The predicted octanol–water partition coefficient (Wildman–Crippen LogP) is 1.82. The number of aliphatic hydroxyl groups is 1. The summed E-state index contributed by atoms with van der Waals surface area (Å²) in [4.78, 5) is 10.5. The van der Waals surface area contributed by atoms with E-state index in [2.05, 4.69) is 4.74 Å². The van der Waals surface area contributed by atoms with E-state index in [1.54, 1.807) is 0 Å². The molecule has 0 fully saturated rings. The van der Waals surface area contributed by atoms with E-state index < -0.39 is 25.0 Å². The first-order valence-corrected chi connectivity index (χ1v) is 4.96. The van der Waals surface area contributed by atoms with Crippen molar-refractivity contribution in [2.45, 2.75) is 18.9 Å². The number of halogens is 3. The lowest BCUT2D eigenvalue weighted by molar-refractivity contribution is -0.215. The Morgan fingerprint density at radius 2 is 1.83 bits per heavy atom. The third-order valence-electron chi connectivity index (χ3n) is 2.05. The van der Waals surface area contributed by atoms with E-state index >= 15 is 0 Å². The maximum absolute atomic E-state index is 11.8. The molecule has 0 amide bonds. The van der Waals surface area contributed by atoms with Crippen molar-refractivity contribution in [3.8, 4) is 0 Å². The van der Waals surface area contributed by atoms with Gasteiger partial charge in [-0.05, 0) is 17.7 Å². The number of carbonyl (C=O) groups is 1. The molecule has 1 atom stereocenters. The van der Waals surface area contributed by atoms with Gasteiger partial charge in [0.1, 0.15) is 6.61 Å². The Labute approximate surface area is 101 Å². The lowest BCUT2D eigenvalue weighted by Crippen LogP contribution is -2.24. The Balaban J connectivity index is 2.49. The highest BCUT2D eigenvalue weighted by molar-refractivity contribution is 5.87. The van der Waals surface area contributed by atoms with E-state index in [1.807, 2.05) is 0 Å². The number of carboxylic acids is 1. The number of aromatic carboxylic acids is 1. The first-order chi connectivity index (χ1) is 8.28. The standard InChI is InChI=1S/C11H11F3O4/c12-11(13,14)6-18-9(15)5-7-1-3-8(4-2-7)10(16)17/h1-4,9,15H,5-6H2,(H,16,17). The maximum atomic E-state index is 11.8. The molecule has 0 saturated heterocycles. The fraction of sp³-hybridized carbons (Fsp3) is 0.364. The molecule has 18 heavy (non-hydrogen) atoms. The molecule has 1 aromatic carbocycles. The lowest BCUT2D eigenvalue weighted by atomic mass is 10.1. The average Bonchev–Trinajstić information content (AvgIpc) is 2.26. The number of aliphatic hydroxyl groups excluding tert-OH is 1. The summed E-state index contributed by atoms with van der Waals surface area (Å²) in [5.74, 6) is -1.10. The van der Waals surface area contributed by atoms with Crippen molar-refractivity contribution in [2.75, 3.05) is 6.61 Å². The zero-order valence-corrected chi connectivity index (χ0v) is 9.15. The number of benzene rings is 1. The van der Waals surface area contributed by atoms with Crippen molar-refractivity contribution in [1.29, 1.82) is 0 Å². The molecule has 1 rings (SSSR count). The van der Waals surface area contributed by atoms with Crippen LogP contribution in [0.3, 0.4) is 0 Å². The molecular formula is C11H11F3O4. The van der Waals surface area contributed by atoms with Gasteiger partial charge in [0.25, 0.3) is 0 Å². The molecule has 0 radical (unpaired) electrons. The van der Waals surface area contributed by atoms with Gasteiger partial charge in [-0.15, -0.1) is 0 Å². The number of ether oxygens (including phenoxy) is 1. The summed E-state index contributed by atoms with van der Waals surface area (Å²) in [5, 5.41) is 17.8. The van der Waals surface area contributed by atoms with Crippen LogP contribution in [-0.2, 0) is 11.2 Å². The van der Waals surface area contributed by atoms with Gasteiger partial charge in [-0.25, -0.2) is 4.79 Å². The number of hydrogen-bond acceptors (Lipinski definition) is 3. The van der Waals surface area contributed by atoms with Gasteiger partial charge >= 0.3 is 12.1 Å². The second-order valence-electron chi connectivity index (χ2n) is 3.59.